The summed E-state index contributed by atoms with van der Waals surface area (Å²) in [7, 11) is 2.18. The zero-order valence-electron chi connectivity index (χ0n) is 17.2. The highest BCUT2D eigenvalue weighted by Crippen LogP contribution is 2.35. The third-order valence-electron chi connectivity index (χ3n) is 6.31. The molecule has 158 valence electrons. The lowest BCUT2D eigenvalue weighted by molar-refractivity contribution is -0.137. The van der Waals surface area contributed by atoms with Crippen molar-refractivity contribution >= 4 is 16.6 Å². The molecule has 0 amide bonds. The highest BCUT2D eigenvalue weighted by molar-refractivity contribution is 5.92. The first-order chi connectivity index (χ1) is 13.8. The number of alkyl halides is 3. The monoisotopic (exact) mass is 406 g/mol. The summed E-state index contributed by atoms with van der Waals surface area (Å²) in [5.41, 5.74) is 1.56. The van der Waals surface area contributed by atoms with Crippen LogP contribution < -0.4 is 4.90 Å². The summed E-state index contributed by atoms with van der Waals surface area (Å²) >= 11 is 0. The molecule has 1 aromatic heterocycles. The molecule has 2 fully saturated rings. The van der Waals surface area contributed by atoms with Crippen molar-refractivity contribution in [2.75, 3.05) is 57.8 Å². The fourth-order valence-corrected chi connectivity index (χ4v) is 4.53. The van der Waals surface area contributed by atoms with E-state index < -0.39 is 11.7 Å². The van der Waals surface area contributed by atoms with Gasteiger partial charge in [0.1, 0.15) is 0 Å². The molecular formula is C22H29F3N4. The Morgan fingerprint density at radius 3 is 2.34 bits per heavy atom. The Morgan fingerprint density at radius 2 is 1.69 bits per heavy atom. The number of nitrogens with zero attached hydrogens (tertiary/aromatic N) is 4. The summed E-state index contributed by atoms with van der Waals surface area (Å²) in [4.78, 5) is 11.6. The van der Waals surface area contributed by atoms with Crippen LogP contribution in [0, 0.1) is 12.8 Å². The van der Waals surface area contributed by atoms with Crippen molar-refractivity contribution in [2.24, 2.45) is 5.92 Å². The maximum atomic E-state index is 13.1. The molecule has 2 saturated heterocycles. The number of halogens is 3. The zero-order chi connectivity index (χ0) is 20.6. The Morgan fingerprint density at radius 1 is 1.00 bits per heavy atom. The Labute approximate surface area is 170 Å². The van der Waals surface area contributed by atoms with Crippen LogP contribution in [0.2, 0.25) is 0 Å². The Kier molecular flexibility index (Phi) is 5.71. The van der Waals surface area contributed by atoms with Gasteiger partial charge >= 0.3 is 6.18 Å². The Balaban J connectivity index is 1.46. The number of likely N-dealkylation sites (N-methyl/N-ethyl adjacent to an activating group) is 1. The minimum absolute atomic E-state index is 0.425. The number of rotatable bonds is 3. The van der Waals surface area contributed by atoms with Gasteiger partial charge in [0, 0.05) is 62.6 Å². The van der Waals surface area contributed by atoms with Crippen molar-refractivity contribution in [3.05, 3.63) is 35.5 Å². The second-order valence-corrected chi connectivity index (χ2v) is 8.55. The van der Waals surface area contributed by atoms with Gasteiger partial charge in [-0.25, -0.2) is 0 Å². The first kappa shape index (κ1) is 20.4. The van der Waals surface area contributed by atoms with Crippen LogP contribution in [0.3, 0.4) is 0 Å². The van der Waals surface area contributed by atoms with Gasteiger partial charge in [-0.05, 0) is 50.9 Å². The number of fused-ring (bicyclic) bond motifs is 1. The summed E-state index contributed by atoms with van der Waals surface area (Å²) < 4.78 is 39.3. The van der Waals surface area contributed by atoms with Gasteiger partial charge in [0.2, 0.25) is 0 Å². The van der Waals surface area contributed by atoms with Crippen LogP contribution in [0.4, 0.5) is 18.9 Å². The quantitative estimate of drug-likeness (QED) is 0.768. The molecule has 4 nitrogen and oxygen atoms in total. The van der Waals surface area contributed by atoms with Crippen molar-refractivity contribution in [3.63, 3.8) is 0 Å². The zero-order valence-corrected chi connectivity index (χ0v) is 17.2. The van der Waals surface area contributed by atoms with Crippen molar-refractivity contribution in [3.8, 4) is 0 Å². The van der Waals surface area contributed by atoms with Crippen LogP contribution in [0.5, 0.6) is 0 Å². The van der Waals surface area contributed by atoms with Crippen molar-refractivity contribution in [2.45, 2.75) is 25.9 Å². The van der Waals surface area contributed by atoms with Crippen molar-refractivity contribution in [1.29, 1.82) is 0 Å². The van der Waals surface area contributed by atoms with Crippen LogP contribution in [-0.4, -0.2) is 67.6 Å². The van der Waals surface area contributed by atoms with E-state index in [0.717, 1.165) is 75.4 Å². The number of aromatic nitrogens is 1. The molecule has 0 spiro atoms. The molecule has 4 rings (SSSR count). The third kappa shape index (κ3) is 4.67. The Hall–Kier alpha value is -1.86. The van der Waals surface area contributed by atoms with E-state index >= 15 is 0 Å². The summed E-state index contributed by atoms with van der Waals surface area (Å²) in [6, 6.07) is 5.93. The fourth-order valence-electron chi connectivity index (χ4n) is 4.53. The molecule has 0 atom stereocenters. The number of piperazine rings is 1. The van der Waals surface area contributed by atoms with Gasteiger partial charge in [0.05, 0.1) is 11.1 Å². The number of hydrogen-bond donors (Lipinski definition) is 0. The third-order valence-corrected chi connectivity index (χ3v) is 6.31. The second kappa shape index (κ2) is 8.11. The molecular weight excluding hydrogens is 377 g/mol. The topological polar surface area (TPSA) is 22.6 Å². The standard InChI is InChI=1S/C22H29F3N4/c1-16-13-21(19-4-3-18(22(23,24)25)14-20(19)26-16)29-7-5-17(6-8-29)15-28-11-9-27(2)10-12-28/h3-4,13-14,17H,5-12,15H2,1-2H3. The first-order valence-electron chi connectivity index (χ1n) is 10.4. The lowest BCUT2D eigenvalue weighted by atomic mass is 9.95. The number of benzene rings is 1. The summed E-state index contributed by atoms with van der Waals surface area (Å²) in [6.07, 6.45) is -2.10. The van der Waals surface area contributed by atoms with E-state index in [1.807, 2.05) is 13.0 Å². The first-order valence-corrected chi connectivity index (χ1v) is 10.4. The smallest absolute Gasteiger partial charge is 0.371 e. The second-order valence-electron chi connectivity index (χ2n) is 8.55. The number of piperidine rings is 1. The highest BCUT2D eigenvalue weighted by atomic mass is 19.4. The number of pyridine rings is 1. The van der Waals surface area contributed by atoms with Gasteiger partial charge in [-0.1, -0.05) is 6.07 Å². The summed E-state index contributed by atoms with van der Waals surface area (Å²) in [5.74, 6) is 0.695. The Bertz CT molecular complexity index is 851. The molecule has 0 N–H and O–H groups in total. The van der Waals surface area contributed by atoms with Crippen LogP contribution in [-0.2, 0) is 6.18 Å². The summed E-state index contributed by atoms with van der Waals surface area (Å²) in [5, 5.41) is 0.807. The molecule has 1 aromatic carbocycles. The van der Waals surface area contributed by atoms with E-state index in [4.69, 9.17) is 0 Å². The van der Waals surface area contributed by atoms with Gasteiger partial charge < -0.3 is 14.7 Å². The van der Waals surface area contributed by atoms with Gasteiger partial charge in [-0.3, -0.25) is 4.98 Å². The van der Waals surface area contributed by atoms with Crippen molar-refractivity contribution in [1.82, 2.24) is 14.8 Å². The molecule has 2 aliphatic rings. The highest BCUT2D eigenvalue weighted by Gasteiger charge is 2.31. The van der Waals surface area contributed by atoms with Crippen LogP contribution >= 0.6 is 0 Å². The average molecular weight is 406 g/mol. The molecule has 3 heterocycles. The predicted molar refractivity (Wildman–Crippen MR) is 110 cm³/mol. The van der Waals surface area contributed by atoms with Gasteiger partial charge in [-0.2, -0.15) is 13.2 Å². The molecule has 0 aliphatic carbocycles. The van der Waals surface area contributed by atoms with E-state index in [2.05, 4.69) is 26.7 Å². The van der Waals surface area contributed by atoms with E-state index in [9.17, 15) is 13.2 Å². The molecule has 0 unspecified atom stereocenters. The van der Waals surface area contributed by atoms with Gasteiger partial charge in [-0.15, -0.1) is 0 Å². The molecule has 29 heavy (non-hydrogen) atoms. The van der Waals surface area contributed by atoms with Crippen molar-refractivity contribution < 1.29 is 13.2 Å². The number of aryl methyl sites for hydroxylation is 1. The van der Waals surface area contributed by atoms with Gasteiger partial charge in [0.25, 0.3) is 0 Å². The predicted octanol–water partition coefficient (Wildman–Crippen LogP) is 4.03. The average Bonchev–Trinajstić information content (AvgIpc) is 2.68. The molecule has 0 radical (unpaired) electrons. The molecule has 0 saturated carbocycles. The summed E-state index contributed by atoms with van der Waals surface area (Å²) in [6.45, 7) is 9.47. The van der Waals surface area contributed by atoms with E-state index in [0.29, 0.717) is 11.4 Å². The molecule has 2 aromatic rings. The van der Waals surface area contributed by atoms with Crippen LogP contribution in [0.25, 0.3) is 10.9 Å². The molecule has 7 heteroatoms. The molecule has 0 bridgehead atoms. The number of anilines is 1. The SMILES string of the molecule is Cc1cc(N2CCC(CN3CCN(C)CC3)CC2)c2ccc(C(F)(F)F)cc2n1. The van der Waals surface area contributed by atoms with Crippen LogP contribution in [0.15, 0.2) is 24.3 Å². The van der Waals surface area contributed by atoms with E-state index in [-0.39, 0.29) is 0 Å². The lowest BCUT2D eigenvalue weighted by Gasteiger charge is -2.39. The fraction of sp³-hybridized carbons (Fsp3) is 0.591. The normalized spacial score (nSPS) is 20.5. The van der Waals surface area contributed by atoms with E-state index in [1.54, 1.807) is 6.07 Å². The van der Waals surface area contributed by atoms with E-state index in [1.165, 1.54) is 12.1 Å². The maximum Gasteiger partial charge on any atom is 0.416 e. The lowest BCUT2D eigenvalue weighted by Crippen LogP contribution is -2.47. The minimum atomic E-state index is -4.35. The molecule has 2 aliphatic heterocycles. The minimum Gasteiger partial charge on any atom is -0.371 e. The van der Waals surface area contributed by atoms with Gasteiger partial charge in [0.15, 0.2) is 0 Å². The van der Waals surface area contributed by atoms with Crippen LogP contribution in [0.1, 0.15) is 24.1 Å². The number of hydrogen-bond acceptors (Lipinski definition) is 4. The largest absolute Gasteiger partial charge is 0.416 e. The maximum absolute atomic E-state index is 13.1.